The summed E-state index contributed by atoms with van der Waals surface area (Å²) in [7, 11) is 0. The Morgan fingerprint density at radius 2 is 1.67 bits per heavy atom. The average molecular weight is 533 g/mol. The summed E-state index contributed by atoms with van der Waals surface area (Å²) in [5.74, 6) is 4.73. The normalized spacial score (nSPS) is 11.6. The minimum Gasteiger partial charge on any atom is -0.328 e. The van der Waals surface area contributed by atoms with Crippen molar-refractivity contribution in [3.05, 3.63) is 98.4 Å². The molecule has 1 atom stereocenters. The van der Waals surface area contributed by atoms with Gasteiger partial charge in [-0.3, -0.25) is 15.0 Å². The lowest BCUT2D eigenvalue weighted by Gasteiger charge is -2.20. The first-order valence-corrected chi connectivity index (χ1v) is 10.8. The lowest BCUT2D eigenvalue weighted by Crippen LogP contribution is -2.88. The molecule has 8 heteroatoms. The van der Waals surface area contributed by atoms with E-state index in [1.165, 1.54) is 0 Å². The van der Waals surface area contributed by atoms with Crippen LogP contribution in [-0.2, 0) is 4.79 Å². The Labute approximate surface area is 191 Å². The highest BCUT2D eigenvalue weighted by molar-refractivity contribution is 9.10. The van der Waals surface area contributed by atoms with Gasteiger partial charge in [0.25, 0.3) is 11.8 Å². The topological polar surface area (TPSA) is 101 Å². The highest BCUT2D eigenvalue weighted by Crippen LogP contribution is 2.30. The second kappa shape index (κ2) is 10.5. The number of halogens is 2. The summed E-state index contributed by atoms with van der Waals surface area (Å²) in [6.07, 6.45) is 0. The standard InChI is InChI=1S/C22H20Br2N4O2/c23-15-10-11-19(27-22(30)16-8-4-5-9-18(16)24)17(12-15)21(26-13-20(29)28-25)14-6-2-1-3-7-14/h1-12,21,26H,13,25H2,(H,27,30)(H,28,29)/p+1. The number of hydrogen-bond acceptors (Lipinski definition) is 3. The largest absolute Gasteiger partial charge is 0.328 e. The summed E-state index contributed by atoms with van der Waals surface area (Å²) in [4.78, 5) is 24.7. The van der Waals surface area contributed by atoms with Crippen LogP contribution >= 0.6 is 31.9 Å². The molecule has 0 heterocycles. The number of nitrogens with one attached hydrogen (secondary N) is 2. The Bertz CT molecular complexity index is 1040. The molecule has 30 heavy (non-hydrogen) atoms. The van der Waals surface area contributed by atoms with Gasteiger partial charge in [0.15, 0.2) is 6.54 Å². The molecule has 3 rings (SSSR count). The molecule has 0 bridgehead atoms. The van der Waals surface area contributed by atoms with Crippen molar-refractivity contribution in [3.63, 3.8) is 0 Å². The Morgan fingerprint density at radius 1 is 0.967 bits per heavy atom. The number of anilines is 1. The van der Waals surface area contributed by atoms with E-state index in [-0.39, 0.29) is 24.4 Å². The van der Waals surface area contributed by atoms with Gasteiger partial charge in [0.1, 0.15) is 6.04 Å². The molecule has 0 fully saturated rings. The smallest absolute Gasteiger partial charge is 0.288 e. The van der Waals surface area contributed by atoms with Crippen molar-refractivity contribution in [1.29, 1.82) is 0 Å². The predicted octanol–water partition coefficient (Wildman–Crippen LogP) is 3.11. The molecule has 3 aromatic carbocycles. The van der Waals surface area contributed by atoms with Gasteiger partial charge < -0.3 is 10.6 Å². The van der Waals surface area contributed by atoms with Crippen LogP contribution in [0.5, 0.6) is 0 Å². The van der Waals surface area contributed by atoms with Gasteiger partial charge in [-0.15, -0.1) is 0 Å². The summed E-state index contributed by atoms with van der Waals surface area (Å²) in [5, 5.41) is 4.89. The minimum absolute atomic E-state index is 0.139. The maximum absolute atomic E-state index is 12.9. The molecule has 0 aliphatic heterocycles. The molecule has 0 aliphatic carbocycles. The van der Waals surface area contributed by atoms with E-state index in [1.54, 1.807) is 6.07 Å². The Balaban J connectivity index is 1.99. The second-order valence-electron chi connectivity index (χ2n) is 6.56. The number of nitrogens with two attached hydrogens (primary N) is 2. The molecule has 2 amide bonds. The van der Waals surface area contributed by atoms with Gasteiger partial charge in [-0.2, -0.15) is 0 Å². The van der Waals surface area contributed by atoms with Gasteiger partial charge in [0.2, 0.25) is 0 Å². The van der Waals surface area contributed by atoms with Gasteiger partial charge in [0, 0.05) is 20.1 Å². The van der Waals surface area contributed by atoms with E-state index >= 15 is 0 Å². The molecule has 154 valence electrons. The third-order valence-electron chi connectivity index (χ3n) is 4.57. The van der Waals surface area contributed by atoms with E-state index in [2.05, 4.69) is 42.6 Å². The Morgan fingerprint density at radius 3 is 2.37 bits per heavy atom. The third kappa shape index (κ3) is 5.54. The second-order valence-corrected chi connectivity index (χ2v) is 8.33. The highest BCUT2D eigenvalue weighted by Gasteiger charge is 2.23. The Hall–Kier alpha value is -2.52. The van der Waals surface area contributed by atoms with Gasteiger partial charge in [-0.05, 0) is 46.3 Å². The van der Waals surface area contributed by atoms with Crippen LogP contribution in [0.15, 0.2) is 81.7 Å². The van der Waals surface area contributed by atoms with Crippen LogP contribution in [-0.4, -0.2) is 18.4 Å². The first kappa shape index (κ1) is 22.2. The fraction of sp³-hybridized carbons (Fsp3) is 0.0909. The van der Waals surface area contributed by atoms with Crippen molar-refractivity contribution in [2.45, 2.75) is 6.04 Å². The van der Waals surface area contributed by atoms with Gasteiger partial charge in [0.05, 0.1) is 11.3 Å². The Kier molecular flexibility index (Phi) is 7.75. The van der Waals surface area contributed by atoms with Crippen LogP contribution in [0.25, 0.3) is 0 Å². The van der Waals surface area contributed by atoms with Crippen molar-refractivity contribution >= 4 is 49.4 Å². The van der Waals surface area contributed by atoms with E-state index in [1.807, 2.05) is 72.0 Å². The van der Waals surface area contributed by atoms with Crippen LogP contribution in [0, 0.1) is 0 Å². The number of amides is 2. The summed E-state index contributed by atoms with van der Waals surface area (Å²) < 4.78 is 1.58. The third-order valence-corrected chi connectivity index (χ3v) is 5.76. The fourth-order valence-corrected chi connectivity index (χ4v) is 3.97. The van der Waals surface area contributed by atoms with Crippen LogP contribution in [0.2, 0.25) is 0 Å². The van der Waals surface area contributed by atoms with Crippen LogP contribution in [0.3, 0.4) is 0 Å². The van der Waals surface area contributed by atoms with Crippen LogP contribution in [0.1, 0.15) is 27.5 Å². The minimum atomic E-state index is -0.287. The van der Waals surface area contributed by atoms with Crippen molar-refractivity contribution in [2.75, 3.05) is 11.9 Å². The molecule has 0 radical (unpaired) electrons. The zero-order chi connectivity index (χ0) is 21.5. The van der Waals surface area contributed by atoms with Crippen LogP contribution in [0.4, 0.5) is 5.69 Å². The highest BCUT2D eigenvalue weighted by atomic mass is 79.9. The van der Waals surface area contributed by atoms with E-state index in [0.717, 1.165) is 15.6 Å². The monoisotopic (exact) mass is 531 g/mol. The average Bonchev–Trinajstić information content (AvgIpc) is 2.76. The number of carbonyl (C=O) groups excluding carboxylic acids is 2. The number of carbonyl (C=O) groups is 2. The predicted molar refractivity (Wildman–Crippen MR) is 124 cm³/mol. The molecule has 0 saturated carbocycles. The van der Waals surface area contributed by atoms with Gasteiger partial charge in [-0.25, -0.2) is 5.84 Å². The molecule has 0 aromatic heterocycles. The molecule has 6 N–H and O–H groups in total. The van der Waals surface area contributed by atoms with Crippen molar-refractivity contribution in [3.8, 4) is 0 Å². The molecule has 0 spiro atoms. The lowest BCUT2D eigenvalue weighted by atomic mass is 9.96. The maximum Gasteiger partial charge on any atom is 0.288 e. The summed E-state index contributed by atoms with van der Waals surface area (Å²) in [6.45, 7) is 0.139. The van der Waals surface area contributed by atoms with Crippen molar-refractivity contribution < 1.29 is 14.9 Å². The summed E-state index contributed by atoms with van der Waals surface area (Å²) in [5.41, 5.74) is 5.21. The molecule has 3 aromatic rings. The summed E-state index contributed by atoms with van der Waals surface area (Å²) in [6, 6.07) is 22.5. The maximum atomic E-state index is 12.9. The zero-order valence-electron chi connectivity index (χ0n) is 15.9. The van der Waals surface area contributed by atoms with E-state index in [4.69, 9.17) is 5.84 Å². The van der Waals surface area contributed by atoms with Gasteiger partial charge in [-0.1, -0.05) is 58.4 Å². The van der Waals surface area contributed by atoms with Crippen LogP contribution < -0.4 is 21.9 Å². The first-order chi connectivity index (χ1) is 14.5. The first-order valence-electron chi connectivity index (χ1n) is 9.22. The van der Waals surface area contributed by atoms with Crippen molar-refractivity contribution in [2.24, 2.45) is 5.84 Å². The van der Waals surface area contributed by atoms with E-state index in [0.29, 0.717) is 15.7 Å². The lowest BCUT2D eigenvalue weighted by molar-refractivity contribution is -0.676. The zero-order valence-corrected chi connectivity index (χ0v) is 19.1. The van der Waals surface area contributed by atoms with E-state index in [9.17, 15) is 9.59 Å². The number of benzene rings is 3. The summed E-state index contributed by atoms with van der Waals surface area (Å²) >= 11 is 6.94. The number of hydrazine groups is 1. The molecule has 1 unspecified atom stereocenters. The number of quaternary nitrogens is 1. The molecule has 0 saturated heterocycles. The number of rotatable bonds is 7. The SMILES string of the molecule is NNC(=O)C[NH2+]C(c1ccccc1)c1cc(Br)ccc1NC(=O)c1ccccc1Br. The van der Waals surface area contributed by atoms with Crippen molar-refractivity contribution in [1.82, 2.24) is 5.43 Å². The quantitative estimate of drug-likeness (QED) is 0.214. The van der Waals surface area contributed by atoms with Gasteiger partial charge >= 0.3 is 0 Å². The molecular formula is C22H21Br2N4O2+. The molecule has 6 nitrogen and oxygen atoms in total. The number of hydrogen-bond donors (Lipinski definition) is 4. The fourth-order valence-electron chi connectivity index (χ4n) is 3.13. The molecule has 0 aliphatic rings. The van der Waals surface area contributed by atoms with E-state index < -0.39 is 0 Å². The molecular weight excluding hydrogens is 512 g/mol.